The Bertz CT molecular complexity index is 801. The first-order chi connectivity index (χ1) is 11.5. The Morgan fingerprint density at radius 2 is 1.92 bits per heavy atom. The standard InChI is InChI=1S/C19H20N2O3/c1-12-8-9-15(10-13(12)2)20-18(22)11-21-16-6-4-5-7-17(16)24-14(3)19(21)23/h4-10,14H,11H2,1-3H3,(H,20,22). The first-order valence-corrected chi connectivity index (χ1v) is 7.90. The Kier molecular flexibility index (Phi) is 4.25. The zero-order valence-corrected chi connectivity index (χ0v) is 14.0. The van der Waals surface area contributed by atoms with E-state index in [1.807, 2.05) is 44.2 Å². The number of amides is 2. The third-order valence-electron chi connectivity index (χ3n) is 4.17. The van der Waals surface area contributed by atoms with Crippen molar-refractivity contribution >= 4 is 23.2 Å². The molecule has 0 aromatic heterocycles. The Morgan fingerprint density at radius 1 is 1.17 bits per heavy atom. The topological polar surface area (TPSA) is 58.6 Å². The summed E-state index contributed by atoms with van der Waals surface area (Å²) < 4.78 is 5.58. The fraction of sp³-hybridized carbons (Fsp3) is 0.263. The molecule has 24 heavy (non-hydrogen) atoms. The van der Waals surface area contributed by atoms with E-state index in [0.29, 0.717) is 11.4 Å². The number of hydrogen-bond donors (Lipinski definition) is 1. The highest BCUT2D eigenvalue weighted by atomic mass is 16.5. The van der Waals surface area contributed by atoms with Crippen LogP contribution in [0.4, 0.5) is 11.4 Å². The molecule has 5 nitrogen and oxygen atoms in total. The van der Waals surface area contributed by atoms with Gasteiger partial charge in [-0.15, -0.1) is 0 Å². The summed E-state index contributed by atoms with van der Waals surface area (Å²) >= 11 is 0. The van der Waals surface area contributed by atoms with E-state index in [2.05, 4.69) is 5.32 Å². The van der Waals surface area contributed by atoms with Crippen LogP contribution >= 0.6 is 0 Å². The minimum absolute atomic E-state index is 0.0452. The van der Waals surface area contributed by atoms with Gasteiger partial charge in [-0.05, 0) is 56.2 Å². The summed E-state index contributed by atoms with van der Waals surface area (Å²) in [4.78, 5) is 26.3. The fourth-order valence-electron chi connectivity index (χ4n) is 2.69. The SMILES string of the molecule is Cc1ccc(NC(=O)CN2C(=O)C(C)Oc3ccccc32)cc1C. The summed E-state index contributed by atoms with van der Waals surface area (Å²) in [5.74, 6) is 0.156. The van der Waals surface area contributed by atoms with Crippen molar-refractivity contribution in [2.45, 2.75) is 26.9 Å². The lowest BCUT2D eigenvalue weighted by atomic mass is 10.1. The maximum absolute atomic E-state index is 12.4. The van der Waals surface area contributed by atoms with Gasteiger partial charge in [0.25, 0.3) is 5.91 Å². The number of ether oxygens (including phenoxy) is 1. The summed E-state index contributed by atoms with van der Waals surface area (Å²) in [6.45, 7) is 5.66. The van der Waals surface area contributed by atoms with Crippen LogP contribution in [0, 0.1) is 13.8 Å². The highest BCUT2D eigenvalue weighted by molar-refractivity contribution is 6.06. The van der Waals surface area contributed by atoms with Gasteiger partial charge in [-0.2, -0.15) is 0 Å². The van der Waals surface area contributed by atoms with E-state index in [9.17, 15) is 9.59 Å². The zero-order valence-electron chi connectivity index (χ0n) is 14.0. The lowest BCUT2D eigenvalue weighted by Gasteiger charge is -2.32. The molecular formula is C19H20N2O3. The molecule has 1 atom stereocenters. The molecule has 2 amide bonds. The molecule has 1 heterocycles. The monoisotopic (exact) mass is 324 g/mol. The molecule has 124 valence electrons. The van der Waals surface area contributed by atoms with Crippen LogP contribution in [0.15, 0.2) is 42.5 Å². The third kappa shape index (κ3) is 3.11. The summed E-state index contributed by atoms with van der Waals surface area (Å²) in [6, 6.07) is 13.0. The number of benzene rings is 2. The Morgan fingerprint density at radius 3 is 2.67 bits per heavy atom. The predicted octanol–water partition coefficient (Wildman–Crippen LogP) is 3.06. The van der Waals surface area contributed by atoms with E-state index in [0.717, 1.165) is 11.3 Å². The molecule has 0 bridgehead atoms. The molecule has 3 rings (SSSR count). The van der Waals surface area contributed by atoms with Gasteiger partial charge >= 0.3 is 0 Å². The molecule has 0 fully saturated rings. The number of nitrogens with one attached hydrogen (secondary N) is 1. The van der Waals surface area contributed by atoms with Gasteiger partial charge in [0.15, 0.2) is 6.10 Å². The van der Waals surface area contributed by atoms with Crippen LogP contribution in [0.2, 0.25) is 0 Å². The summed E-state index contributed by atoms with van der Waals surface area (Å²) in [7, 11) is 0. The lowest BCUT2D eigenvalue weighted by Crippen LogP contribution is -2.47. The molecule has 5 heteroatoms. The van der Waals surface area contributed by atoms with Crippen LogP contribution in [-0.2, 0) is 9.59 Å². The molecule has 1 N–H and O–H groups in total. The average Bonchev–Trinajstić information content (AvgIpc) is 2.55. The first kappa shape index (κ1) is 16.1. The van der Waals surface area contributed by atoms with Crippen LogP contribution < -0.4 is 15.0 Å². The number of carbonyl (C=O) groups is 2. The highest BCUT2D eigenvalue weighted by Gasteiger charge is 2.32. The van der Waals surface area contributed by atoms with Crippen molar-refractivity contribution in [2.24, 2.45) is 0 Å². The normalized spacial score (nSPS) is 16.4. The average molecular weight is 324 g/mol. The largest absolute Gasteiger partial charge is 0.479 e. The molecule has 0 saturated heterocycles. The maximum Gasteiger partial charge on any atom is 0.268 e. The molecule has 2 aromatic rings. The van der Waals surface area contributed by atoms with Crippen molar-refractivity contribution in [3.05, 3.63) is 53.6 Å². The van der Waals surface area contributed by atoms with Crippen molar-refractivity contribution < 1.29 is 14.3 Å². The van der Waals surface area contributed by atoms with E-state index in [1.54, 1.807) is 19.1 Å². The van der Waals surface area contributed by atoms with Crippen molar-refractivity contribution in [1.29, 1.82) is 0 Å². The number of hydrogen-bond acceptors (Lipinski definition) is 3. The van der Waals surface area contributed by atoms with Gasteiger partial charge in [0.2, 0.25) is 5.91 Å². The molecule has 0 aliphatic carbocycles. The predicted molar refractivity (Wildman–Crippen MR) is 93.4 cm³/mol. The van der Waals surface area contributed by atoms with Crippen LogP contribution in [0.1, 0.15) is 18.1 Å². The van der Waals surface area contributed by atoms with Gasteiger partial charge < -0.3 is 10.1 Å². The van der Waals surface area contributed by atoms with Gasteiger partial charge in [-0.3, -0.25) is 14.5 Å². The number of nitrogens with zero attached hydrogens (tertiary/aromatic N) is 1. The molecule has 1 unspecified atom stereocenters. The molecule has 0 saturated carbocycles. The highest BCUT2D eigenvalue weighted by Crippen LogP contribution is 2.33. The van der Waals surface area contributed by atoms with Gasteiger partial charge in [0, 0.05) is 5.69 Å². The second kappa shape index (κ2) is 6.35. The van der Waals surface area contributed by atoms with Crippen molar-refractivity contribution in [2.75, 3.05) is 16.8 Å². The van der Waals surface area contributed by atoms with E-state index in [4.69, 9.17) is 4.74 Å². The molecular weight excluding hydrogens is 304 g/mol. The molecule has 1 aliphatic heterocycles. The van der Waals surface area contributed by atoms with Crippen LogP contribution in [0.5, 0.6) is 5.75 Å². The fourth-order valence-corrected chi connectivity index (χ4v) is 2.69. The van der Waals surface area contributed by atoms with Gasteiger partial charge in [-0.1, -0.05) is 18.2 Å². The second-order valence-corrected chi connectivity index (χ2v) is 6.00. The maximum atomic E-state index is 12.4. The zero-order chi connectivity index (χ0) is 17.3. The van der Waals surface area contributed by atoms with Crippen molar-refractivity contribution in [1.82, 2.24) is 0 Å². The molecule has 0 spiro atoms. The summed E-state index contributed by atoms with van der Waals surface area (Å²) in [5, 5.41) is 2.85. The minimum atomic E-state index is -0.602. The van der Waals surface area contributed by atoms with Crippen molar-refractivity contribution in [3.63, 3.8) is 0 Å². The molecule has 1 aliphatic rings. The number of fused-ring (bicyclic) bond motifs is 1. The number of rotatable bonds is 3. The summed E-state index contributed by atoms with van der Waals surface area (Å²) in [5.41, 5.74) is 3.62. The van der Waals surface area contributed by atoms with E-state index in [1.165, 1.54) is 10.5 Å². The summed E-state index contributed by atoms with van der Waals surface area (Å²) in [6.07, 6.45) is -0.602. The Balaban J connectivity index is 1.78. The quantitative estimate of drug-likeness (QED) is 0.944. The first-order valence-electron chi connectivity index (χ1n) is 7.90. The van der Waals surface area contributed by atoms with Gasteiger partial charge in [-0.25, -0.2) is 0 Å². The van der Waals surface area contributed by atoms with E-state index >= 15 is 0 Å². The van der Waals surface area contributed by atoms with E-state index < -0.39 is 6.10 Å². The molecule has 2 aromatic carbocycles. The van der Waals surface area contributed by atoms with Crippen LogP contribution in [0.25, 0.3) is 0 Å². The van der Waals surface area contributed by atoms with Crippen molar-refractivity contribution in [3.8, 4) is 5.75 Å². The Labute approximate surface area is 141 Å². The number of anilines is 2. The number of carbonyl (C=O) groups excluding carboxylic acids is 2. The van der Waals surface area contributed by atoms with Crippen LogP contribution in [0.3, 0.4) is 0 Å². The number of aryl methyl sites for hydroxylation is 2. The number of para-hydroxylation sites is 2. The lowest BCUT2D eigenvalue weighted by molar-refractivity contribution is -0.127. The Hall–Kier alpha value is -2.82. The van der Waals surface area contributed by atoms with Gasteiger partial charge in [0.05, 0.1) is 5.69 Å². The minimum Gasteiger partial charge on any atom is -0.479 e. The van der Waals surface area contributed by atoms with Gasteiger partial charge in [0.1, 0.15) is 12.3 Å². The second-order valence-electron chi connectivity index (χ2n) is 6.00. The van der Waals surface area contributed by atoms with E-state index in [-0.39, 0.29) is 18.4 Å². The van der Waals surface area contributed by atoms with Crippen LogP contribution in [-0.4, -0.2) is 24.5 Å². The smallest absolute Gasteiger partial charge is 0.268 e. The molecule has 0 radical (unpaired) electrons. The third-order valence-corrected chi connectivity index (χ3v) is 4.17.